The van der Waals surface area contributed by atoms with Crippen LogP contribution in [0.1, 0.15) is 34.0 Å². The Kier molecular flexibility index (Phi) is 4.30. The van der Waals surface area contributed by atoms with Crippen LogP contribution in [0.15, 0.2) is 54.6 Å². The number of hydrogen-bond donors (Lipinski definition) is 0. The van der Waals surface area contributed by atoms with Crippen molar-refractivity contribution in [3.63, 3.8) is 0 Å². The lowest BCUT2D eigenvalue weighted by molar-refractivity contribution is 0.104. The minimum absolute atomic E-state index is 0.0447. The van der Waals surface area contributed by atoms with Crippen molar-refractivity contribution < 1.29 is 4.79 Å². The van der Waals surface area contributed by atoms with E-state index in [0.29, 0.717) is 0 Å². The normalized spacial score (nSPS) is 10.8. The van der Waals surface area contributed by atoms with Crippen molar-refractivity contribution in [2.45, 2.75) is 20.3 Å². The molecule has 0 radical (unpaired) electrons. The molecule has 0 fully saturated rings. The molecular weight excluding hydrogens is 232 g/mol. The van der Waals surface area contributed by atoms with Crippen molar-refractivity contribution in [2.24, 2.45) is 0 Å². The quantitative estimate of drug-likeness (QED) is 0.578. The van der Waals surface area contributed by atoms with E-state index in [4.69, 9.17) is 0 Å². The molecule has 0 spiro atoms. The number of rotatable bonds is 4. The van der Waals surface area contributed by atoms with E-state index in [0.717, 1.165) is 23.1 Å². The molecule has 2 aromatic rings. The van der Waals surface area contributed by atoms with E-state index < -0.39 is 0 Å². The molecule has 0 atom stereocenters. The van der Waals surface area contributed by atoms with Gasteiger partial charge in [-0.25, -0.2) is 0 Å². The molecule has 0 aromatic heterocycles. The van der Waals surface area contributed by atoms with Crippen LogP contribution in [0.25, 0.3) is 6.08 Å². The van der Waals surface area contributed by atoms with Crippen LogP contribution in [-0.4, -0.2) is 5.78 Å². The van der Waals surface area contributed by atoms with Gasteiger partial charge in [0.05, 0.1) is 0 Å². The summed E-state index contributed by atoms with van der Waals surface area (Å²) in [5.41, 5.74) is 4.20. The van der Waals surface area contributed by atoms with Crippen molar-refractivity contribution >= 4 is 11.9 Å². The second kappa shape index (κ2) is 6.14. The van der Waals surface area contributed by atoms with E-state index in [-0.39, 0.29) is 5.78 Å². The van der Waals surface area contributed by atoms with Crippen LogP contribution >= 0.6 is 0 Å². The van der Waals surface area contributed by atoms with Crippen molar-refractivity contribution in [1.82, 2.24) is 0 Å². The fourth-order valence-electron chi connectivity index (χ4n) is 1.93. The number of ketones is 1. The average Bonchev–Trinajstić information content (AvgIpc) is 2.45. The lowest BCUT2D eigenvalue weighted by Gasteiger charge is -1.99. The van der Waals surface area contributed by atoms with Crippen LogP contribution in [0.2, 0.25) is 0 Å². The Labute approximate surface area is 114 Å². The summed E-state index contributed by atoms with van der Waals surface area (Å²) in [7, 11) is 0. The third kappa shape index (κ3) is 3.65. The first-order valence-electron chi connectivity index (χ1n) is 6.57. The number of aryl methyl sites for hydroxylation is 2. The van der Waals surface area contributed by atoms with E-state index in [9.17, 15) is 4.79 Å². The van der Waals surface area contributed by atoms with Gasteiger partial charge in [-0.2, -0.15) is 0 Å². The smallest absolute Gasteiger partial charge is 0.185 e. The minimum Gasteiger partial charge on any atom is -0.289 e. The molecule has 1 nitrogen and oxygen atoms in total. The molecule has 0 amide bonds. The Balaban J connectivity index is 2.11. The van der Waals surface area contributed by atoms with Gasteiger partial charge in [-0.1, -0.05) is 61.0 Å². The Morgan fingerprint density at radius 3 is 2.47 bits per heavy atom. The Morgan fingerprint density at radius 2 is 1.84 bits per heavy atom. The van der Waals surface area contributed by atoms with E-state index in [1.165, 1.54) is 5.56 Å². The largest absolute Gasteiger partial charge is 0.289 e. The molecule has 19 heavy (non-hydrogen) atoms. The zero-order chi connectivity index (χ0) is 13.7. The second-order valence-corrected chi connectivity index (χ2v) is 4.66. The molecule has 0 aliphatic rings. The summed E-state index contributed by atoms with van der Waals surface area (Å²) < 4.78 is 0. The van der Waals surface area contributed by atoms with Gasteiger partial charge < -0.3 is 0 Å². The first kappa shape index (κ1) is 13.3. The SMILES string of the molecule is CCc1ccc(/C=C/C(=O)c2cccc(C)c2)cc1. The number of carbonyl (C=O) groups is 1. The fourth-order valence-corrected chi connectivity index (χ4v) is 1.93. The molecule has 0 aliphatic carbocycles. The van der Waals surface area contributed by atoms with Crippen LogP contribution in [0.4, 0.5) is 0 Å². The summed E-state index contributed by atoms with van der Waals surface area (Å²) in [6.45, 7) is 4.12. The highest BCUT2D eigenvalue weighted by atomic mass is 16.1. The molecular formula is C18H18O. The van der Waals surface area contributed by atoms with Gasteiger partial charge in [-0.05, 0) is 36.6 Å². The third-order valence-corrected chi connectivity index (χ3v) is 3.12. The van der Waals surface area contributed by atoms with Gasteiger partial charge in [0, 0.05) is 5.56 Å². The molecule has 2 rings (SSSR count). The zero-order valence-corrected chi connectivity index (χ0v) is 11.4. The molecule has 0 saturated heterocycles. The highest BCUT2D eigenvalue weighted by Gasteiger charge is 2.00. The van der Waals surface area contributed by atoms with E-state index >= 15 is 0 Å². The molecule has 0 bridgehead atoms. The highest BCUT2D eigenvalue weighted by molar-refractivity contribution is 6.06. The van der Waals surface area contributed by atoms with Crippen molar-refractivity contribution in [1.29, 1.82) is 0 Å². The summed E-state index contributed by atoms with van der Waals surface area (Å²) >= 11 is 0. The van der Waals surface area contributed by atoms with Crippen molar-refractivity contribution in [2.75, 3.05) is 0 Å². The van der Waals surface area contributed by atoms with Crippen LogP contribution in [0.5, 0.6) is 0 Å². The highest BCUT2D eigenvalue weighted by Crippen LogP contribution is 2.09. The lowest BCUT2D eigenvalue weighted by atomic mass is 10.1. The molecule has 0 aliphatic heterocycles. The molecule has 1 heteroatoms. The van der Waals surface area contributed by atoms with Gasteiger partial charge in [-0.3, -0.25) is 4.79 Å². The number of carbonyl (C=O) groups excluding carboxylic acids is 1. The maximum atomic E-state index is 12.0. The number of benzene rings is 2. The third-order valence-electron chi connectivity index (χ3n) is 3.12. The summed E-state index contributed by atoms with van der Waals surface area (Å²) in [4.78, 5) is 12.0. The van der Waals surface area contributed by atoms with Crippen LogP contribution in [0.3, 0.4) is 0 Å². The maximum Gasteiger partial charge on any atom is 0.185 e. The monoisotopic (exact) mass is 250 g/mol. The van der Waals surface area contributed by atoms with Gasteiger partial charge in [0.25, 0.3) is 0 Å². The van der Waals surface area contributed by atoms with Gasteiger partial charge in [0.2, 0.25) is 0 Å². The Morgan fingerprint density at radius 1 is 1.11 bits per heavy atom. The fraction of sp³-hybridized carbons (Fsp3) is 0.167. The summed E-state index contributed by atoms with van der Waals surface area (Å²) in [6.07, 6.45) is 4.53. The zero-order valence-electron chi connectivity index (χ0n) is 11.4. The standard InChI is InChI=1S/C18H18O/c1-3-15-7-9-16(10-8-15)11-12-18(19)17-6-4-5-14(2)13-17/h4-13H,3H2,1-2H3/b12-11+. The second-order valence-electron chi connectivity index (χ2n) is 4.66. The van der Waals surface area contributed by atoms with Crippen molar-refractivity contribution in [3.8, 4) is 0 Å². The predicted molar refractivity (Wildman–Crippen MR) is 80.4 cm³/mol. The lowest BCUT2D eigenvalue weighted by Crippen LogP contribution is -1.94. The van der Waals surface area contributed by atoms with Crippen LogP contribution in [0, 0.1) is 6.92 Å². The predicted octanol–water partition coefficient (Wildman–Crippen LogP) is 4.45. The van der Waals surface area contributed by atoms with Gasteiger partial charge in [0.1, 0.15) is 0 Å². The summed E-state index contributed by atoms with van der Waals surface area (Å²) in [5.74, 6) is 0.0447. The molecule has 0 unspecified atom stereocenters. The Hall–Kier alpha value is -2.15. The van der Waals surface area contributed by atoms with E-state index in [2.05, 4.69) is 19.1 Å². The van der Waals surface area contributed by atoms with Crippen LogP contribution < -0.4 is 0 Å². The molecule has 0 heterocycles. The summed E-state index contributed by atoms with van der Waals surface area (Å²) in [6, 6.07) is 15.9. The first-order chi connectivity index (χ1) is 9.19. The van der Waals surface area contributed by atoms with Crippen LogP contribution in [-0.2, 0) is 6.42 Å². The minimum atomic E-state index is 0.0447. The van der Waals surface area contributed by atoms with Gasteiger partial charge in [-0.15, -0.1) is 0 Å². The van der Waals surface area contributed by atoms with Crippen molar-refractivity contribution in [3.05, 3.63) is 76.9 Å². The molecule has 0 N–H and O–H groups in total. The van der Waals surface area contributed by atoms with Gasteiger partial charge in [0.15, 0.2) is 5.78 Å². The maximum absolute atomic E-state index is 12.0. The topological polar surface area (TPSA) is 17.1 Å². The average molecular weight is 250 g/mol. The Bertz CT molecular complexity index is 591. The van der Waals surface area contributed by atoms with Gasteiger partial charge >= 0.3 is 0 Å². The summed E-state index contributed by atoms with van der Waals surface area (Å²) in [5, 5.41) is 0. The van der Waals surface area contributed by atoms with E-state index in [1.54, 1.807) is 6.08 Å². The molecule has 96 valence electrons. The van der Waals surface area contributed by atoms with E-state index in [1.807, 2.05) is 49.4 Å². The number of allylic oxidation sites excluding steroid dienone is 1. The first-order valence-corrected chi connectivity index (χ1v) is 6.57. The molecule has 0 saturated carbocycles. The number of hydrogen-bond acceptors (Lipinski definition) is 1. The molecule has 2 aromatic carbocycles.